The van der Waals surface area contributed by atoms with Crippen LogP contribution in [-0.2, 0) is 4.79 Å². The molecular weight excluding hydrogens is 296 g/mol. The number of aromatic carboxylic acids is 1. The summed E-state index contributed by atoms with van der Waals surface area (Å²) in [6, 6.07) is 5.84. The zero-order valence-electron chi connectivity index (χ0n) is 10.8. The minimum absolute atomic E-state index is 0.0123. The average molecular weight is 306 g/mol. The number of carboxylic acids is 2. The van der Waals surface area contributed by atoms with Crippen LogP contribution >= 0.6 is 11.8 Å². The SMILES string of the molecule is Cc1nnc(S/C(=C\c2ccc(C(=O)O)cc2)C(=O)O)o1. The summed E-state index contributed by atoms with van der Waals surface area (Å²) in [6.45, 7) is 1.60. The van der Waals surface area contributed by atoms with Gasteiger partial charge in [-0.3, -0.25) is 0 Å². The van der Waals surface area contributed by atoms with Crippen LogP contribution in [-0.4, -0.2) is 32.3 Å². The van der Waals surface area contributed by atoms with Gasteiger partial charge in [0.1, 0.15) is 4.91 Å². The molecule has 1 heterocycles. The molecule has 21 heavy (non-hydrogen) atoms. The van der Waals surface area contributed by atoms with Crippen molar-refractivity contribution in [1.82, 2.24) is 10.2 Å². The summed E-state index contributed by atoms with van der Waals surface area (Å²) in [5.74, 6) is -1.84. The average Bonchev–Trinajstić information content (AvgIpc) is 2.84. The zero-order valence-corrected chi connectivity index (χ0v) is 11.6. The largest absolute Gasteiger partial charge is 0.478 e. The Balaban J connectivity index is 2.24. The monoisotopic (exact) mass is 306 g/mol. The molecule has 1 aromatic carbocycles. The fourth-order valence-electron chi connectivity index (χ4n) is 1.42. The highest BCUT2D eigenvalue weighted by atomic mass is 32.2. The Morgan fingerprint density at radius 2 is 1.86 bits per heavy atom. The van der Waals surface area contributed by atoms with Crippen LogP contribution in [0.5, 0.6) is 0 Å². The van der Waals surface area contributed by atoms with E-state index in [1.54, 1.807) is 6.92 Å². The van der Waals surface area contributed by atoms with E-state index in [0.717, 1.165) is 11.8 Å². The molecule has 0 radical (unpaired) electrons. The minimum atomic E-state index is -1.14. The summed E-state index contributed by atoms with van der Waals surface area (Å²) in [6.07, 6.45) is 1.40. The van der Waals surface area contributed by atoms with Gasteiger partial charge >= 0.3 is 11.9 Å². The molecule has 8 heteroatoms. The highest BCUT2D eigenvalue weighted by molar-refractivity contribution is 8.03. The number of hydrogen-bond donors (Lipinski definition) is 2. The normalized spacial score (nSPS) is 11.4. The van der Waals surface area contributed by atoms with Crippen LogP contribution in [0.4, 0.5) is 0 Å². The molecule has 1 aromatic heterocycles. The second kappa shape index (κ2) is 6.23. The number of nitrogens with zero attached hydrogens (tertiary/aromatic N) is 2. The number of hydrogen-bond acceptors (Lipinski definition) is 6. The van der Waals surface area contributed by atoms with Gasteiger partial charge in [0.05, 0.1) is 5.56 Å². The van der Waals surface area contributed by atoms with Gasteiger partial charge in [-0.25, -0.2) is 9.59 Å². The number of aromatic nitrogens is 2. The molecule has 0 unspecified atom stereocenters. The molecule has 0 aliphatic rings. The standard InChI is InChI=1S/C13H10N2O5S/c1-7-14-15-13(20-7)21-10(12(18)19)6-8-2-4-9(5-3-8)11(16)17/h2-6H,1H3,(H,16,17)(H,18,19)/b10-6-. The number of aliphatic carboxylic acids is 1. The van der Waals surface area contributed by atoms with E-state index in [1.807, 2.05) is 0 Å². The quantitative estimate of drug-likeness (QED) is 0.639. The third kappa shape index (κ3) is 3.93. The smallest absolute Gasteiger partial charge is 0.342 e. The molecule has 108 valence electrons. The van der Waals surface area contributed by atoms with Crippen molar-refractivity contribution < 1.29 is 24.2 Å². The summed E-state index contributed by atoms with van der Waals surface area (Å²) in [7, 11) is 0. The number of benzene rings is 1. The molecule has 0 atom stereocenters. The highest BCUT2D eigenvalue weighted by Gasteiger charge is 2.14. The van der Waals surface area contributed by atoms with Crippen molar-refractivity contribution >= 4 is 29.8 Å². The van der Waals surface area contributed by atoms with Crippen molar-refractivity contribution in [2.24, 2.45) is 0 Å². The Labute approximate surface area is 123 Å². The van der Waals surface area contributed by atoms with Crippen LogP contribution in [0.2, 0.25) is 0 Å². The number of thioether (sulfide) groups is 1. The Bertz CT molecular complexity index is 706. The fraction of sp³-hybridized carbons (Fsp3) is 0.0769. The maximum Gasteiger partial charge on any atom is 0.342 e. The molecule has 2 rings (SSSR count). The summed E-state index contributed by atoms with van der Waals surface area (Å²) in [5.41, 5.74) is 0.686. The predicted octanol–water partition coefficient (Wildman–Crippen LogP) is 2.29. The van der Waals surface area contributed by atoms with Crippen LogP contribution in [0.1, 0.15) is 21.8 Å². The lowest BCUT2D eigenvalue weighted by molar-refractivity contribution is -0.131. The van der Waals surface area contributed by atoms with Crippen molar-refractivity contribution in [2.45, 2.75) is 12.1 Å². The van der Waals surface area contributed by atoms with E-state index in [-0.39, 0.29) is 15.7 Å². The Kier molecular flexibility index (Phi) is 4.39. The summed E-state index contributed by atoms with van der Waals surface area (Å²) in [5, 5.41) is 25.4. The minimum Gasteiger partial charge on any atom is -0.478 e. The van der Waals surface area contributed by atoms with E-state index in [2.05, 4.69) is 10.2 Å². The van der Waals surface area contributed by atoms with E-state index in [4.69, 9.17) is 9.52 Å². The van der Waals surface area contributed by atoms with Crippen molar-refractivity contribution in [3.63, 3.8) is 0 Å². The lowest BCUT2D eigenvalue weighted by Crippen LogP contribution is -1.98. The third-order valence-corrected chi connectivity index (χ3v) is 3.22. The van der Waals surface area contributed by atoms with Crippen LogP contribution in [0.25, 0.3) is 6.08 Å². The molecule has 0 fully saturated rings. The first kappa shape index (κ1) is 14.8. The number of carboxylic acid groups (broad SMARTS) is 2. The topological polar surface area (TPSA) is 114 Å². The Hall–Kier alpha value is -2.61. The molecular formula is C13H10N2O5S. The lowest BCUT2D eigenvalue weighted by atomic mass is 10.1. The van der Waals surface area contributed by atoms with Gasteiger partial charge in [-0.2, -0.15) is 0 Å². The molecule has 7 nitrogen and oxygen atoms in total. The highest BCUT2D eigenvalue weighted by Crippen LogP contribution is 2.27. The maximum atomic E-state index is 11.2. The maximum absolute atomic E-state index is 11.2. The number of carbonyl (C=O) groups is 2. The first-order valence-electron chi connectivity index (χ1n) is 5.72. The molecule has 2 N–H and O–H groups in total. The van der Waals surface area contributed by atoms with E-state index < -0.39 is 11.9 Å². The number of rotatable bonds is 5. The molecule has 0 bridgehead atoms. The Morgan fingerprint density at radius 1 is 1.19 bits per heavy atom. The first-order chi connectivity index (χ1) is 9.95. The summed E-state index contributed by atoms with van der Waals surface area (Å²) < 4.78 is 5.11. The van der Waals surface area contributed by atoms with Crippen molar-refractivity contribution in [3.05, 3.63) is 46.2 Å². The van der Waals surface area contributed by atoms with Gasteiger partial charge in [0.25, 0.3) is 5.22 Å². The van der Waals surface area contributed by atoms with Gasteiger partial charge in [0, 0.05) is 6.92 Å². The zero-order chi connectivity index (χ0) is 15.4. The second-order valence-electron chi connectivity index (χ2n) is 3.93. The predicted molar refractivity (Wildman–Crippen MR) is 73.9 cm³/mol. The van der Waals surface area contributed by atoms with Crippen molar-refractivity contribution in [2.75, 3.05) is 0 Å². The molecule has 0 aliphatic heterocycles. The van der Waals surface area contributed by atoms with Crippen LogP contribution in [0.3, 0.4) is 0 Å². The molecule has 0 saturated heterocycles. The van der Waals surface area contributed by atoms with E-state index in [0.29, 0.717) is 11.5 Å². The van der Waals surface area contributed by atoms with Gasteiger partial charge in [-0.1, -0.05) is 12.1 Å². The second-order valence-corrected chi connectivity index (χ2v) is 4.92. The van der Waals surface area contributed by atoms with Crippen LogP contribution in [0, 0.1) is 6.92 Å². The summed E-state index contributed by atoms with van der Waals surface area (Å²) in [4.78, 5) is 21.9. The molecule has 0 spiro atoms. The van der Waals surface area contributed by atoms with Crippen molar-refractivity contribution in [1.29, 1.82) is 0 Å². The summed E-state index contributed by atoms with van der Waals surface area (Å²) >= 11 is 0.828. The van der Waals surface area contributed by atoms with Gasteiger partial charge in [-0.15, -0.1) is 10.2 Å². The van der Waals surface area contributed by atoms with Crippen LogP contribution < -0.4 is 0 Å². The van der Waals surface area contributed by atoms with Crippen molar-refractivity contribution in [3.8, 4) is 0 Å². The van der Waals surface area contributed by atoms with E-state index in [9.17, 15) is 14.7 Å². The first-order valence-corrected chi connectivity index (χ1v) is 6.53. The Morgan fingerprint density at radius 3 is 2.33 bits per heavy atom. The molecule has 2 aromatic rings. The third-order valence-electron chi connectivity index (χ3n) is 2.37. The molecule has 0 amide bonds. The van der Waals surface area contributed by atoms with Gasteiger partial charge in [0.15, 0.2) is 0 Å². The van der Waals surface area contributed by atoms with Gasteiger partial charge < -0.3 is 14.6 Å². The number of aryl methyl sites for hydroxylation is 1. The van der Waals surface area contributed by atoms with Gasteiger partial charge in [0.2, 0.25) is 5.89 Å². The fourth-order valence-corrected chi connectivity index (χ4v) is 2.14. The van der Waals surface area contributed by atoms with Gasteiger partial charge in [-0.05, 0) is 35.5 Å². The molecule has 0 aliphatic carbocycles. The molecule has 0 saturated carbocycles. The lowest BCUT2D eigenvalue weighted by Gasteiger charge is -2.00. The van der Waals surface area contributed by atoms with E-state index >= 15 is 0 Å². The van der Waals surface area contributed by atoms with E-state index in [1.165, 1.54) is 30.3 Å². The van der Waals surface area contributed by atoms with Crippen LogP contribution in [0.15, 0.2) is 38.8 Å².